The van der Waals surface area contributed by atoms with E-state index in [0.29, 0.717) is 22.7 Å². The molecule has 0 radical (unpaired) electrons. The van der Waals surface area contributed by atoms with Crippen LogP contribution in [0.5, 0.6) is 0 Å². The first-order valence-electron chi connectivity index (χ1n) is 5.86. The summed E-state index contributed by atoms with van der Waals surface area (Å²) in [6, 6.07) is 2.80. The summed E-state index contributed by atoms with van der Waals surface area (Å²) in [6.07, 6.45) is 3.09. The van der Waals surface area contributed by atoms with Crippen LogP contribution in [0.25, 0.3) is 6.08 Å². The van der Waals surface area contributed by atoms with Gasteiger partial charge in [-0.2, -0.15) is 0 Å². The third-order valence-electron chi connectivity index (χ3n) is 2.70. The quantitative estimate of drug-likeness (QED) is 0.629. The summed E-state index contributed by atoms with van der Waals surface area (Å²) in [5.41, 5.74) is 7.42. The van der Waals surface area contributed by atoms with Gasteiger partial charge in [0.25, 0.3) is 0 Å². The SMILES string of the molecule is C=Cc1c(/C=N\C)oc(N)c1Nc1cc(Cl)c(F)c(Cl)c1. The zero-order chi connectivity index (χ0) is 15.6. The predicted molar refractivity (Wildman–Crippen MR) is 86.4 cm³/mol. The van der Waals surface area contributed by atoms with Crippen molar-refractivity contribution in [2.24, 2.45) is 4.99 Å². The molecule has 0 saturated carbocycles. The van der Waals surface area contributed by atoms with Crippen molar-refractivity contribution in [3.05, 3.63) is 45.9 Å². The van der Waals surface area contributed by atoms with Crippen LogP contribution in [0.1, 0.15) is 11.3 Å². The lowest BCUT2D eigenvalue weighted by molar-refractivity contribution is 0.580. The van der Waals surface area contributed by atoms with Gasteiger partial charge >= 0.3 is 0 Å². The second kappa shape index (κ2) is 6.20. The Labute approximate surface area is 131 Å². The van der Waals surface area contributed by atoms with Gasteiger partial charge in [0, 0.05) is 18.3 Å². The third kappa shape index (κ3) is 3.04. The molecule has 0 saturated heterocycles. The van der Waals surface area contributed by atoms with Gasteiger partial charge in [-0.3, -0.25) is 4.99 Å². The van der Waals surface area contributed by atoms with Gasteiger partial charge in [0.15, 0.2) is 11.6 Å². The minimum absolute atomic E-state index is 0.0948. The van der Waals surface area contributed by atoms with Crippen LogP contribution >= 0.6 is 23.2 Å². The Bertz CT molecular complexity index is 702. The molecule has 0 aliphatic heterocycles. The Balaban J connectivity index is 2.47. The summed E-state index contributed by atoms with van der Waals surface area (Å²) in [7, 11) is 1.61. The van der Waals surface area contributed by atoms with Gasteiger partial charge in [-0.05, 0) is 12.1 Å². The second-order valence-corrected chi connectivity index (χ2v) is 4.90. The fourth-order valence-electron chi connectivity index (χ4n) is 1.80. The van der Waals surface area contributed by atoms with E-state index in [4.69, 9.17) is 33.4 Å². The van der Waals surface area contributed by atoms with Crippen molar-refractivity contribution < 1.29 is 8.81 Å². The Morgan fingerprint density at radius 1 is 1.38 bits per heavy atom. The maximum atomic E-state index is 13.4. The Kier molecular flexibility index (Phi) is 4.55. The van der Waals surface area contributed by atoms with Crippen molar-refractivity contribution in [2.45, 2.75) is 0 Å². The molecule has 0 atom stereocenters. The van der Waals surface area contributed by atoms with Crippen molar-refractivity contribution in [1.82, 2.24) is 0 Å². The van der Waals surface area contributed by atoms with Crippen LogP contribution in [0.15, 0.2) is 28.1 Å². The van der Waals surface area contributed by atoms with E-state index in [0.717, 1.165) is 0 Å². The summed E-state index contributed by atoms with van der Waals surface area (Å²) >= 11 is 11.5. The number of nitrogens with two attached hydrogens (primary N) is 1. The highest BCUT2D eigenvalue weighted by Gasteiger charge is 2.16. The molecule has 1 heterocycles. The number of nitrogens with zero attached hydrogens (tertiary/aromatic N) is 1. The van der Waals surface area contributed by atoms with E-state index >= 15 is 0 Å². The van der Waals surface area contributed by atoms with Crippen LogP contribution in [0.3, 0.4) is 0 Å². The number of aliphatic imine (C=N–C) groups is 1. The van der Waals surface area contributed by atoms with E-state index in [2.05, 4.69) is 16.9 Å². The molecule has 110 valence electrons. The Morgan fingerprint density at radius 3 is 2.52 bits per heavy atom. The highest BCUT2D eigenvalue weighted by Crippen LogP contribution is 2.35. The molecule has 3 N–H and O–H groups in total. The Hall–Kier alpha value is -1.98. The highest BCUT2D eigenvalue weighted by molar-refractivity contribution is 6.35. The monoisotopic (exact) mass is 327 g/mol. The predicted octanol–water partition coefficient (Wildman–Crippen LogP) is 4.74. The fourth-order valence-corrected chi connectivity index (χ4v) is 2.28. The number of anilines is 3. The van der Waals surface area contributed by atoms with Crippen LogP contribution in [-0.2, 0) is 0 Å². The molecule has 0 unspecified atom stereocenters. The molecule has 0 fully saturated rings. The Morgan fingerprint density at radius 2 is 2.00 bits per heavy atom. The zero-order valence-corrected chi connectivity index (χ0v) is 12.6. The summed E-state index contributed by atoms with van der Waals surface area (Å²) in [5, 5.41) is 2.80. The van der Waals surface area contributed by atoms with Gasteiger partial charge in [0.1, 0.15) is 5.69 Å². The number of benzene rings is 1. The second-order valence-electron chi connectivity index (χ2n) is 4.09. The largest absolute Gasteiger partial charge is 0.437 e. The third-order valence-corrected chi connectivity index (χ3v) is 3.25. The number of hydrogen-bond acceptors (Lipinski definition) is 4. The van der Waals surface area contributed by atoms with Crippen LogP contribution in [-0.4, -0.2) is 13.3 Å². The molecule has 1 aromatic carbocycles. The lowest BCUT2D eigenvalue weighted by atomic mass is 10.2. The first-order valence-corrected chi connectivity index (χ1v) is 6.62. The minimum Gasteiger partial charge on any atom is -0.437 e. The van der Waals surface area contributed by atoms with E-state index in [9.17, 15) is 4.39 Å². The standard InChI is InChI=1S/C14H12Cl2FN3O/c1-3-8-11(6-19-2)21-14(18)13(8)20-7-4-9(15)12(17)10(16)5-7/h3-6,20H,1,18H2,2H3/b19-6-. The molecule has 0 spiro atoms. The van der Waals surface area contributed by atoms with Crippen molar-refractivity contribution in [3.8, 4) is 0 Å². The normalized spacial score (nSPS) is 11.0. The maximum absolute atomic E-state index is 13.4. The first-order chi connectivity index (χ1) is 9.97. The van der Waals surface area contributed by atoms with E-state index in [1.807, 2.05) is 0 Å². The molecule has 21 heavy (non-hydrogen) atoms. The highest BCUT2D eigenvalue weighted by atomic mass is 35.5. The van der Waals surface area contributed by atoms with E-state index in [1.54, 1.807) is 13.1 Å². The maximum Gasteiger partial charge on any atom is 0.215 e. The van der Waals surface area contributed by atoms with Gasteiger partial charge in [-0.15, -0.1) is 0 Å². The first kappa shape index (κ1) is 15.4. The minimum atomic E-state index is -0.674. The summed E-state index contributed by atoms with van der Waals surface area (Å²) < 4.78 is 18.8. The van der Waals surface area contributed by atoms with Crippen molar-refractivity contribution in [1.29, 1.82) is 0 Å². The lowest BCUT2D eigenvalue weighted by Gasteiger charge is -2.08. The lowest BCUT2D eigenvalue weighted by Crippen LogP contribution is -1.96. The summed E-state index contributed by atoms with van der Waals surface area (Å²) in [5.74, 6) is -0.0602. The zero-order valence-electron chi connectivity index (χ0n) is 11.1. The van der Waals surface area contributed by atoms with Crippen molar-refractivity contribution in [3.63, 3.8) is 0 Å². The van der Waals surface area contributed by atoms with E-state index < -0.39 is 5.82 Å². The van der Waals surface area contributed by atoms with Gasteiger partial charge in [-0.1, -0.05) is 35.9 Å². The molecule has 1 aromatic heterocycles. The summed E-state index contributed by atoms with van der Waals surface area (Å²) in [4.78, 5) is 3.87. The fraction of sp³-hybridized carbons (Fsp3) is 0.0714. The molecular formula is C14H12Cl2FN3O. The van der Waals surface area contributed by atoms with Crippen LogP contribution in [0.4, 0.5) is 21.6 Å². The van der Waals surface area contributed by atoms with Crippen molar-refractivity contribution >= 4 is 52.8 Å². The van der Waals surface area contributed by atoms with Gasteiger partial charge in [0.05, 0.1) is 16.3 Å². The number of nitrogen functional groups attached to an aromatic ring is 1. The molecule has 2 aromatic rings. The van der Waals surface area contributed by atoms with E-state index in [-0.39, 0.29) is 15.9 Å². The smallest absolute Gasteiger partial charge is 0.215 e. The summed E-state index contributed by atoms with van der Waals surface area (Å²) in [6.45, 7) is 3.71. The molecular weight excluding hydrogens is 316 g/mol. The van der Waals surface area contributed by atoms with Crippen LogP contribution < -0.4 is 11.1 Å². The molecule has 2 rings (SSSR count). The van der Waals surface area contributed by atoms with Crippen LogP contribution in [0, 0.1) is 5.82 Å². The number of halogens is 3. The van der Waals surface area contributed by atoms with Gasteiger partial charge < -0.3 is 15.5 Å². The number of hydrogen-bond donors (Lipinski definition) is 2. The van der Waals surface area contributed by atoms with Gasteiger partial charge in [0.2, 0.25) is 5.88 Å². The molecule has 4 nitrogen and oxygen atoms in total. The van der Waals surface area contributed by atoms with E-state index in [1.165, 1.54) is 18.3 Å². The van der Waals surface area contributed by atoms with Crippen LogP contribution in [0.2, 0.25) is 10.0 Å². The molecule has 7 heteroatoms. The molecule has 0 bridgehead atoms. The number of furan rings is 1. The number of nitrogens with one attached hydrogen (secondary N) is 1. The number of rotatable bonds is 4. The van der Waals surface area contributed by atoms with Crippen molar-refractivity contribution in [2.75, 3.05) is 18.1 Å². The molecule has 0 aliphatic carbocycles. The van der Waals surface area contributed by atoms with Gasteiger partial charge in [-0.25, -0.2) is 4.39 Å². The molecule has 0 aliphatic rings. The molecule has 0 amide bonds. The topological polar surface area (TPSA) is 63.5 Å². The average molecular weight is 328 g/mol. The average Bonchev–Trinajstić information content (AvgIpc) is 2.72.